The molecule has 1 aromatic carbocycles. The largest absolute Gasteiger partial charge is 0.308 e. The van der Waals surface area contributed by atoms with Gasteiger partial charge in [0.2, 0.25) is 0 Å². The lowest BCUT2D eigenvalue weighted by atomic mass is 10.0. The molecule has 1 atom stereocenters. The lowest BCUT2D eigenvalue weighted by molar-refractivity contribution is 0.484. The van der Waals surface area contributed by atoms with Crippen molar-refractivity contribution in [1.29, 1.82) is 0 Å². The van der Waals surface area contributed by atoms with Gasteiger partial charge >= 0.3 is 0 Å². The van der Waals surface area contributed by atoms with Crippen molar-refractivity contribution in [2.75, 3.05) is 18.6 Å². The molecular formula is C14H18FNO2S2. The minimum Gasteiger partial charge on any atom is -0.308 e. The summed E-state index contributed by atoms with van der Waals surface area (Å²) >= 11 is 1.86. The molecule has 0 bridgehead atoms. The normalized spacial score (nSPS) is 26.0. The zero-order chi connectivity index (χ0) is 14.4. The smallest absolute Gasteiger partial charge is 0.178 e. The summed E-state index contributed by atoms with van der Waals surface area (Å²) in [6.07, 6.45) is 5.02. The fourth-order valence-corrected chi connectivity index (χ4v) is 5.07. The van der Waals surface area contributed by atoms with Crippen LogP contribution in [0.4, 0.5) is 4.39 Å². The van der Waals surface area contributed by atoms with Crippen LogP contribution in [0.3, 0.4) is 0 Å². The highest BCUT2D eigenvalue weighted by Crippen LogP contribution is 2.47. The SMILES string of the molecule is CSC1(CNC2CCS(=O)(=O)c3ccc(F)cc32)CC1. The first-order chi connectivity index (χ1) is 9.46. The second-order valence-electron chi connectivity index (χ2n) is 5.61. The Morgan fingerprint density at radius 3 is 2.85 bits per heavy atom. The van der Waals surface area contributed by atoms with Gasteiger partial charge < -0.3 is 5.32 Å². The third-order valence-electron chi connectivity index (χ3n) is 4.27. The molecule has 0 aromatic heterocycles. The maximum atomic E-state index is 13.4. The Hall–Kier alpha value is -0.590. The van der Waals surface area contributed by atoms with Crippen LogP contribution >= 0.6 is 11.8 Å². The van der Waals surface area contributed by atoms with E-state index in [9.17, 15) is 12.8 Å². The zero-order valence-electron chi connectivity index (χ0n) is 11.4. The van der Waals surface area contributed by atoms with Gasteiger partial charge in [-0.15, -0.1) is 0 Å². The number of hydrogen-bond donors (Lipinski definition) is 1. The molecule has 1 fully saturated rings. The molecule has 0 amide bonds. The molecule has 3 nitrogen and oxygen atoms in total. The van der Waals surface area contributed by atoms with Crippen LogP contribution in [0.5, 0.6) is 0 Å². The predicted octanol–water partition coefficient (Wildman–Crippen LogP) is 2.53. The summed E-state index contributed by atoms with van der Waals surface area (Å²) < 4.78 is 37.8. The Bertz CT molecular complexity index is 626. The van der Waals surface area contributed by atoms with E-state index in [1.54, 1.807) is 0 Å². The number of nitrogens with one attached hydrogen (secondary N) is 1. The molecule has 3 rings (SSSR count). The van der Waals surface area contributed by atoms with Gasteiger partial charge in [0, 0.05) is 17.3 Å². The summed E-state index contributed by atoms with van der Waals surface area (Å²) in [7, 11) is -3.25. The van der Waals surface area contributed by atoms with E-state index < -0.39 is 9.84 Å². The fraction of sp³-hybridized carbons (Fsp3) is 0.571. The van der Waals surface area contributed by atoms with Crippen molar-refractivity contribution in [3.8, 4) is 0 Å². The minimum atomic E-state index is -3.25. The number of sulfone groups is 1. The average Bonchev–Trinajstić information content (AvgIpc) is 3.18. The van der Waals surface area contributed by atoms with Crippen molar-refractivity contribution in [3.05, 3.63) is 29.6 Å². The molecular weight excluding hydrogens is 297 g/mol. The van der Waals surface area contributed by atoms with Gasteiger partial charge in [-0.2, -0.15) is 11.8 Å². The highest BCUT2D eigenvalue weighted by Gasteiger charge is 2.42. The van der Waals surface area contributed by atoms with Gasteiger partial charge in [-0.05, 0) is 49.3 Å². The Balaban J connectivity index is 1.85. The number of benzene rings is 1. The number of thioether (sulfide) groups is 1. The van der Waals surface area contributed by atoms with Crippen LogP contribution in [0.25, 0.3) is 0 Å². The van der Waals surface area contributed by atoms with Gasteiger partial charge in [-0.3, -0.25) is 0 Å². The van der Waals surface area contributed by atoms with Crippen LogP contribution in [-0.2, 0) is 9.84 Å². The van der Waals surface area contributed by atoms with Crippen molar-refractivity contribution in [1.82, 2.24) is 5.32 Å². The summed E-state index contributed by atoms with van der Waals surface area (Å²) in [5.74, 6) is -0.242. The molecule has 1 aliphatic carbocycles. The molecule has 6 heteroatoms. The molecule has 1 heterocycles. The summed E-state index contributed by atoms with van der Waals surface area (Å²) in [5.41, 5.74) is 0.591. The molecule has 0 spiro atoms. The maximum Gasteiger partial charge on any atom is 0.178 e. The van der Waals surface area contributed by atoms with Gasteiger partial charge in [0.25, 0.3) is 0 Å². The third-order valence-corrected chi connectivity index (χ3v) is 7.50. The summed E-state index contributed by atoms with van der Waals surface area (Å²) in [5, 5.41) is 3.44. The first-order valence-electron chi connectivity index (χ1n) is 6.77. The average molecular weight is 315 g/mol. The topological polar surface area (TPSA) is 46.2 Å². The van der Waals surface area contributed by atoms with E-state index in [1.807, 2.05) is 11.8 Å². The van der Waals surface area contributed by atoms with Gasteiger partial charge in [0.15, 0.2) is 9.84 Å². The Labute approximate surface area is 123 Å². The molecule has 1 saturated carbocycles. The Kier molecular flexibility index (Phi) is 3.59. The fourth-order valence-electron chi connectivity index (χ4n) is 2.73. The molecule has 1 N–H and O–H groups in total. The predicted molar refractivity (Wildman–Crippen MR) is 79.3 cm³/mol. The highest BCUT2D eigenvalue weighted by atomic mass is 32.2. The molecule has 110 valence electrons. The standard InChI is InChI=1S/C14H18FNO2S2/c1-19-14(5-6-14)9-16-12-4-7-20(17,18)13-3-2-10(15)8-11(12)13/h2-3,8,12,16H,4-7,9H2,1H3. The van der Waals surface area contributed by atoms with Crippen LogP contribution in [0.2, 0.25) is 0 Å². The van der Waals surface area contributed by atoms with E-state index in [-0.39, 0.29) is 22.5 Å². The van der Waals surface area contributed by atoms with E-state index in [4.69, 9.17) is 0 Å². The second-order valence-corrected chi connectivity index (χ2v) is 8.96. The van der Waals surface area contributed by atoms with Gasteiger partial charge in [-0.25, -0.2) is 12.8 Å². The lowest BCUT2D eigenvalue weighted by Crippen LogP contribution is -2.34. The number of rotatable bonds is 4. The highest BCUT2D eigenvalue weighted by molar-refractivity contribution is 8.00. The van der Waals surface area contributed by atoms with E-state index >= 15 is 0 Å². The van der Waals surface area contributed by atoms with Gasteiger partial charge in [-0.1, -0.05) is 0 Å². The van der Waals surface area contributed by atoms with Crippen LogP contribution in [-0.4, -0.2) is 31.7 Å². The van der Waals surface area contributed by atoms with Gasteiger partial charge in [0.1, 0.15) is 5.82 Å². The van der Waals surface area contributed by atoms with Crippen molar-refractivity contribution in [2.45, 2.75) is 34.9 Å². The molecule has 1 aromatic rings. The second kappa shape index (κ2) is 5.00. The van der Waals surface area contributed by atoms with Crippen LogP contribution in [0, 0.1) is 5.82 Å². The van der Waals surface area contributed by atoms with Crippen molar-refractivity contribution >= 4 is 21.6 Å². The van der Waals surface area contributed by atoms with Crippen LogP contribution in [0.1, 0.15) is 30.9 Å². The zero-order valence-corrected chi connectivity index (χ0v) is 13.0. The summed E-state index contributed by atoms with van der Waals surface area (Å²) in [6, 6.07) is 3.93. The first kappa shape index (κ1) is 14.4. The summed E-state index contributed by atoms with van der Waals surface area (Å²) in [6.45, 7) is 0.856. The van der Waals surface area contributed by atoms with Gasteiger partial charge in [0.05, 0.1) is 10.6 Å². The number of halogens is 1. The third kappa shape index (κ3) is 2.61. The quantitative estimate of drug-likeness (QED) is 0.867. The van der Waals surface area contributed by atoms with E-state index in [0.29, 0.717) is 16.7 Å². The van der Waals surface area contributed by atoms with Crippen LogP contribution < -0.4 is 5.32 Å². The number of fused-ring (bicyclic) bond motifs is 1. The van der Waals surface area contributed by atoms with E-state index in [2.05, 4.69) is 11.6 Å². The van der Waals surface area contributed by atoms with Crippen molar-refractivity contribution in [2.24, 2.45) is 0 Å². The van der Waals surface area contributed by atoms with Crippen molar-refractivity contribution < 1.29 is 12.8 Å². The summed E-state index contributed by atoms with van der Waals surface area (Å²) in [4.78, 5) is 0.289. The lowest BCUT2D eigenvalue weighted by Gasteiger charge is -2.28. The monoisotopic (exact) mass is 315 g/mol. The Morgan fingerprint density at radius 1 is 1.45 bits per heavy atom. The molecule has 2 aliphatic rings. The Morgan fingerprint density at radius 2 is 2.20 bits per heavy atom. The molecule has 1 aliphatic heterocycles. The van der Waals surface area contributed by atoms with E-state index in [0.717, 1.165) is 6.54 Å². The molecule has 0 saturated heterocycles. The number of hydrogen-bond acceptors (Lipinski definition) is 4. The van der Waals surface area contributed by atoms with Crippen molar-refractivity contribution in [3.63, 3.8) is 0 Å². The molecule has 20 heavy (non-hydrogen) atoms. The molecule has 1 unspecified atom stereocenters. The minimum absolute atomic E-state index is 0.0613. The molecule has 0 radical (unpaired) electrons. The maximum absolute atomic E-state index is 13.4. The first-order valence-corrected chi connectivity index (χ1v) is 9.64. The van der Waals surface area contributed by atoms with Crippen LogP contribution in [0.15, 0.2) is 23.1 Å². The van der Waals surface area contributed by atoms with E-state index in [1.165, 1.54) is 31.0 Å².